The summed E-state index contributed by atoms with van der Waals surface area (Å²) in [5.74, 6) is -3.45. The van der Waals surface area contributed by atoms with Crippen molar-refractivity contribution >= 4 is 63.8 Å². The first-order valence-corrected chi connectivity index (χ1v) is 14.8. The molecule has 1 fully saturated rings. The van der Waals surface area contributed by atoms with Gasteiger partial charge in [0.25, 0.3) is 5.91 Å². The molecule has 6 rings (SSSR count). The highest BCUT2D eigenvalue weighted by Crippen LogP contribution is 2.54. The monoisotopic (exact) mass is 645 g/mol. The summed E-state index contributed by atoms with van der Waals surface area (Å²) in [5.41, 5.74) is -0.686. The average molecular weight is 646 g/mol. The molecule has 2 N–H and O–H groups in total. The summed E-state index contributed by atoms with van der Waals surface area (Å²) in [6.07, 6.45) is -4.68. The number of alkyl halides is 3. The summed E-state index contributed by atoms with van der Waals surface area (Å²) >= 11 is 8.35. The number of aromatic amines is 1. The molecule has 43 heavy (non-hydrogen) atoms. The summed E-state index contributed by atoms with van der Waals surface area (Å²) < 4.78 is 46.0. The number of benzene rings is 3. The molecular formula is C29H19ClF3N3O5S2. The van der Waals surface area contributed by atoms with E-state index >= 15 is 0 Å². The van der Waals surface area contributed by atoms with Gasteiger partial charge in [-0.1, -0.05) is 65.0 Å². The van der Waals surface area contributed by atoms with Crippen LogP contribution in [0.5, 0.6) is 5.75 Å². The lowest BCUT2D eigenvalue weighted by Gasteiger charge is -2.31. The Bertz CT molecular complexity index is 1810. The number of halogens is 4. The standard InChI is InChI=1S/C29H19ClF3N3O5S2/c30-14-10-11-19(41-13-20(37)34-18-9-5-4-8-17(18)29(31,32)33)16(12-14)21-22-24(42-25-23(21)43-28(40)35-25)27(39)36(26(22)38)15-6-2-1-3-7-15/h1-12,21-22,24H,13H2,(H,34,37)(H,35,40)/t21-,22?,24?/m1/s1. The third-order valence-corrected chi connectivity index (χ3v) is 9.65. The third kappa shape index (κ3) is 5.43. The van der Waals surface area contributed by atoms with Crippen LogP contribution in [-0.2, 0) is 20.6 Å². The molecule has 0 spiro atoms. The van der Waals surface area contributed by atoms with E-state index in [1.54, 1.807) is 30.3 Å². The minimum Gasteiger partial charge on any atom is -0.483 e. The van der Waals surface area contributed by atoms with E-state index in [0.29, 0.717) is 21.2 Å². The van der Waals surface area contributed by atoms with Crippen molar-refractivity contribution in [3.63, 3.8) is 0 Å². The number of nitrogens with zero attached hydrogens (tertiary/aromatic N) is 1. The molecule has 2 unspecified atom stereocenters. The lowest BCUT2D eigenvalue weighted by Crippen LogP contribution is -2.32. The number of carbonyl (C=O) groups excluding carboxylic acids is 3. The Morgan fingerprint density at radius 1 is 1.00 bits per heavy atom. The number of fused-ring (bicyclic) bond motifs is 2. The van der Waals surface area contributed by atoms with Gasteiger partial charge in [0.15, 0.2) is 6.61 Å². The van der Waals surface area contributed by atoms with Crippen LogP contribution in [0.4, 0.5) is 24.5 Å². The van der Waals surface area contributed by atoms with Gasteiger partial charge in [0.2, 0.25) is 11.8 Å². The quantitative estimate of drug-likeness (QED) is 0.252. The van der Waals surface area contributed by atoms with Crippen molar-refractivity contribution in [3.8, 4) is 5.75 Å². The number of amides is 3. The van der Waals surface area contributed by atoms with Crippen molar-refractivity contribution in [2.45, 2.75) is 22.4 Å². The maximum absolute atomic E-state index is 13.9. The molecule has 0 bridgehead atoms. The van der Waals surface area contributed by atoms with Crippen molar-refractivity contribution in [3.05, 3.63) is 103 Å². The molecule has 2 aliphatic rings. The molecule has 3 heterocycles. The summed E-state index contributed by atoms with van der Waals surface area (Å²) in [6, 6.07) is 17.5. The van der Waals surface area contributed by atoms with Gasteiger partial charge in [0.1, 0.15) is 11.0 Å². The van der Waals surface area contributed by atoms with Crippen molar-refractivity contribution in [2.24, 2.45) is 5.92 Å². The molecule has 3 aromatic carbocycles. The van der Waals surface area contributed by atoms with Gasteiger partial charge in [-0.25, -0.2) is 4.90 Å². The Balaban J connectivity index is 1.34. The van der Waals surface area contributed by atoms with Crippen LogP contribution in [0.1, 0.15) is 21.9 Å². The fourth-order valence-corrected chi connectivity index (χ4v) is 7.93. The number of hydrogen-bond donors (Lipinski definition) is 2. The van der Waals surface area contributed by atoms with E-state index in [-0.39, 0.29) is 15.6 Å². The molecule has 220 valence electrons. The molecule has 1 aromatic heterocycles. The molecule has 0 saturated carbocycles. The van der Waals surface area contributed by atoms with Crippen LogP contribution in [-0.4, -0.2) is 34.6 Å². The molecule has 14 heteroatoms. The summed E-state index contributed by atoms with van der Waals surface area (Å²) in [4.78, 5) is 56.6. The van der Waals surface area contributed by atoms with Crippen LogP contribution >= 0.6 is 34.7 Å². The van der Waals surface area contributed by atoms with E-state index in [2.05, 4.69) is 10.3 Å². The van der Waals surface area contributed by atoms with Crippen LogP contribution in [0, 0.1) is 5.92 Å². The van der Waals surface area contributed by atoms with E-state index in [0.717, 1.165) is 40.1 Å². The average Bonchev–Trinajstić information content (AvgIpc) is 3.46. The van der Waals surface area contributed by atoms with Gasteiger partial charge in [-0.2, -0.15) is 13.2 Å². The number of rotatable bonds is 6. The number of thiazole rings is 1. The SMILES string of the molecule is O=C(COc1ccc(Cl)cc1[C@H]1c2sc(=O)[nH]c2SC2C(=O)N(c3ccccc3)C(=O)C21)Nc1ccccc1C(F)(F)F. The number of H-pyrrole nitrogens is 1. The van der Waals surface area contributed by atoms with Crippen molar-refractivity contribution in [1.29, 1.82) is 0 Å². The molecular weight excluding hydrogens is 627 g/mol. The van der Waals surface area contributed by atoms with Gasteiger partial charge in [-0.3, -0.25) is 19.2 Å². The van der Waals surface area contributed by atoms with Crippen LogP contribution in [0.15, 0.2) is 82.6 Å². The first-order valence-electron chi connectivity index (χ1n) is 12.7. The van der Waals surface area contributed by atoms with Gasteiger partial charge in [-0.15, -0.1) is 0 Å². The molecule has 1 saturated heterocycles. The summed E-state index contributed by atoms with van der Waals surface area (Å²) in [7, 11) is 0. The Hall–Kier alpha value is -4.07. The summed E-state index contributed by atoms with van der Waals surface area (Å²) in [6.45, 7) is -0.671. The van der Waals surface area contributed by atoms with Crippen LogP contribution in [0.3, 0.4) is 0 Å². The fourth-order valence-electron chi connectivity index (χ4n) is 5.25. The van der Waals surface area contributed by atoms with Crippen LogP contribution in [0.2, 0.25) is 5.02 Å². The predicted octanol–water partition coefficient (Wildman–Crippen LogP) is 5.92. The van der Waals surface area contributed by atoms with E-state index in [4.69, 9.17) is 16.3 Å². The van der Waals surface area contributed by atoms with Gasteiger partial charge in [0, 0.05) is 21.4 Å². The Labute approximate surface area is 254 Å². The largest absolute Gasteiger partial charge is 0.483 e. The number of anilines is 2. The molecule has 0 radical (unpaired) electrons. The second kappa shape index (κ2) is 11.2. The number of carbonyl (C=O) groups is 3. The highest BCUT2D eigenvalue weighted by molar-refractivity contribution is 8.00. The number of para-hydroxylation sites is 2. The predicted molar refractivity (Wildman–Crippen MR) is 156 cm³/mol. The van der Waals surface area contributed by atoms with Crippen LogP contribution in [0.25, 0.3) is 0 Å². The van der Waals surface area contributed by atoms with E-state index in [1.165, 1.54) is 30.3 Å². The lowest BCUT2D eigenvalue weighted by atomic mass is 9.82. The van der Waals surface area contributed by atoms with Gasteiger partial charge >= 0.3 is 11.0 Å². The van der Waals surface area contributed by atoms with Crippen LogP contribution < -0.4 is 19.8 Å². The van der Waals surface area contributed by atoms with E-state index in [1.807, 2.05) is 0 Å². The minimum atomic E-state index is -4.68. The number of hydrogen-bond acceptors (Lipinski definition) is 7. The molecule has 8 nitrogen and oxygen atoms in total. The fraction of sp³-hybridized carbons (Fsp3) is 0.172. The van der Waals surface area contributed by atoms with Gasteiger partial charge in [0.05, 0.1) is 27.9 Å². The lowest BCUT2D eigenvalue weighted by molar-refractivity contribution is -0.137. The normalized spacial score (nSPS) is 19.6. The second-order valence-electron chi connectivity index (χ2n) is 9.66. The topological polar surface area (TPSA) is 109 Å². The first-order chi connectivity index (χ1) is 20.5. The Morgan fingerprint density at radius 3 is 2.47 bits per heavy atom. The Morgan fingerprint density at radius 2 is 1.72 bits per heavy atom. The third-order valence-electron chi connectivity index (χ3n) is 7.01. The molecule has 0 aliphatic carbocycles. The molecule has 3 atom stereocenters. The maximum Gasteiger partial charge on any atom is 0.418 e. The van der Waals surface area contributed by atoms with Gasteiger partial charge in [-0.05, 0) is 42.5 Å². The first kappa shape index (κ1) is 29.0. The number of thioether (sulfide) groups is 1. The number of aromatic nitrogens is 1. The highest BCUT2D eigenvalue weighted by Gasteiger charge is 2.56. The zero-order valence-electron chi connectivity index (χ0n) is 21.7. The molecule has 4 aromatic rings. The zero-order chi connectivity index (χ0) is 30.5. The molecule has 3 amide bonds. The Kier molecular flexibility index (Phi) is 7.57. The van der Waals surface area contributed by atoms with Crippen molar-refractivity contribution < 1.29 is 32.3 Å². The van der Waals surface area contributed by atoms with Gasteiger partial charge < -0.3 is 15.0 Å². The number of imide groups is 1. The zero-order valence-corrected chi connectivity index (χ0v) is 24.1. The van der Waals surface area contributed by atoms with E-state index < -0.39 is 58.8 Å². The van der Waals surface area contributed by atoms with Crippen molar-refractivity contribution in [2.75, 3.05) is 16.8 Å². The second-order valence-corrected chi connectivity index (χ2v) is 12.3. The number of nitrogens with one attached hydrogen (secondary N) is 2. The number of ether oxygens (including phenoxy) is 1. The van der Waals surface area contributed by atoms with Crippen molar-refractivity contribution in [1.82, 2.24) is 4.98 Å². The summed E-state index contributed by atoms with van der Waals surface area (Å²) in [5, 5.41) is 2.06. The van der Waals surface area contributed by atoms with E-state index in [9.17, 15) is 32.3 Å². The minimum absolute atomic E-state index is 0.115. The highest BCUT2D eigenvalue weighted by atomic mass is 35.5. The smallest absolute Gasteiger partial charge is 0.418 e. The maximum atomic E-state index is 13.9. The molecule has 2 aliphatic heterocycles.